The molecule has 0 bridgehead atoms. The fourth-order valence-electron chi connectivity index (χ4n) is 3.62. The fraction of sp³-hybridized carbons (Fsp3) is 0.276. The number of hydrogen-bond acceptors (Lipinski definition) is 3. The number of rotatable bonds is 8. The van der Waals surface area contributed by atoms with Gasteiger partial charge < -0.3 is 4.74 Å². The SMILES string of the molecule is C#CCN(CCOc1ccc(C#Cc2ccc(-c3ccc(Cl)cc3)cn2)cc1C)CC1CC1. The third kappa shape index (κ3) is 6.87. The minimum atomic E-state index is 0.629. The van der Waals surface area contributed by atoms with E-state index in [0.717, 1.165) is 57.7 Å². The summed E-state index contributed by atoms with van der Waals surface area (Å²) in [6, 6.07) is 17.7. The predicted octanol–water partition coefficient (Wildman–Crippen LogP) is 5.83. The summed E-state index contributed by atoms with van der Waals surface area (Å²) in [5, 5.41) is 0.723. The Labute approximate surface area is 201 Å². The average Bonchev–Trinajstić information content (AvgIpc) is 3.64. The quantitative estimate of drug-likeness (QED) is 0.400. The third-order valence-corrected chi connectivity index (χ3v) is 5.90. The van der Waals surface area contributed by atoms with Gasteiger partial charge in [-0.05, 0) is 79.1 Å². The van der Waals surface area contributed by atoms with E-state index in [1.807, 2.05) is 67.7 Å². The van der Waals surface area contributed by atoms with Gasteiger partial charge in [0.05, 0.1) is 6.54 Å². The number of benzene rings is 2. The number of aromatic nitrogens is 1. The van der Waals surface area contributed by atoms with Crippen molar-refractivity contribution in [2.24, 2.45) is 5.92 Å². The molecule has 3 nitrogen and oxygen atoms in total. The molecule has 0 N–H and O–H groups in total. The first-order chi connectivity index (χ1) is 16.1. The van der Waals surface area contributed by atoms with Gasteiger partial charge in [-0.15, -0.1) is 6.42 Å². The van der Waals surface area contributed by atoms with Crippen LogP contribution in [0, 0.1) is 37.0 Å². The van der Waals surface area contributed by atoms with Crippen LogP contribution in [0.2, 0.25) is 5.02 Å². The first kappa shape index (κ1) is 22.9. The highest BCUT2D eigenvalue weighted by molar-refractivity contribution is 6.30. The molecular weight excluding hydrogens is 428 g/mol. The Balaban J connectivity index is 1.33. The maximum absolute atomic E-state index is 6.02. The summed E-state index contributed by atoms with van der Waals surface area (Å²) in [6.45, 7) is 5.28. The van der Waals surface area contributed by atoms with E-state index in [1.54, 1.807) is 0 Å². The number of halogens is 1. The Hall–Kier alpha value is -3.24. The van der Waals surface area contributed by atoms with Crippen LogP contribution < -0.4 is 4.74 Å². The van der Waals surface area contributed by atoms with Gasteiger partial charge in [0.25, 0.3) is 0 Å². The molecule has 4 heteroatoms. The van der Waals surface area contributed by atoms with Crippen molar-refractivity contribution in [1.29, 1.82) is 0 Å². The molecule has 0 aliphatic heterocycles. The van der Waals surface area contributed by atoms with Gasteiger partial charge in [-0.1, -0.05) is 41.6 Å². The van der Waals surface area contributed by atoms with Gasteiger partial charge in [0.1, 0.15) is 18.1 Å². The van der Waals surface area contributed by atoms with Gasteiger partial charge >= 0.3 is 0 Å². The number of pyridine rings is 1. The zero-order valence-corrected chi connectivity index (χ0v) is 19.6. The topological polar surface area (TPSA) is 25.4 Å². The van der Waals surface area contributed by atoms with E-state index < -0.39 is 0 Å². The number of hydrogen-bond donors (Lipinski definition) is 0. The van der Waals surface area contributed by atoms with Crippen molar-refractivity contribution in [2.45, 2.75) is 19.8 Å². The number of ether oxygens (including phenoxy) is 1. The summed E-state index contributed by atoms with van der Waals surface area (Å²) < 4.78 is 6.02. The maximum atomic E-state index is 6.02. The van der Waals surface area contributed by atoms with Crippen LogP contribution in [0.5, 0.6) is 5.75 Å². The summed E-state index contributed by atoms with van der Waals surface area (Å²) >= 11 is 5.96. The van der Waals surface area contributed by atoms with Crippen LogP contribution in [0.15, 0.2) is 60.8 Å². The highest BCUT2D eigenvalue weighted by atomic mass is 35.5. The van der Waals surface area contributed by atoms with Gasteiger partial charge in [0.2, 0.25) is 0 Å². The normalized spacial score (nSPS) is 12.7. The van der Waals surface area contributed by atoms with E-state index >= 15 is 0 Å². The largest absolute Gasteiger partial charge is 0.492 e. The van der Waals surface area contributed by atoms with E-state index in [4.69, 9.17) is 22.8 Å². The molecule has 0 atom stereocenters. The van der Waals surface area contributed by atoms with Crippen molar-refractivity contribution in [3.8, 4) is 41.1 Å². The zero-order valence-electron chi connectivity index (χ0n) is 18.9. The second-order valence-corrected chi connectivity index (χ2v) is 8.84. The Morgan fingerprint density at radius 1 is 1.06 bits per heavy atom. The van der Waals surface area contributed by atoms with E-state index in [9.17, 15) is 0 Å². The number of aryl methyl sites for hydroxylation is 1. The molecule has 1 aliphatic rings. The molecule has 1 heterocycles. The van der Waals surface area contributed by atoms with E-state index in [-0.39, 0.29) is 0 Å². The zero-order chi connectivity index (χ0) is 23.0. The second kappa shape index (κ2) is 11.1. The standard InChI is InChI=1S/C29H27ClN2O/c1-3-16-32(21-24-4-5-24)17-18-33-29-15-7-23(19-22(29)2)6-13-28-14-10-26(20-31-28)25-8-11-27(30)12-9-25/h1,7-12,14-15,19-20,24H,4-5,16-18,21H2,2H3. The molecule has 1 saturated carbocycles. The highest BCUT2D eigenvalue weighted by Crippen LogP contribution is 2.29. The highest BCUT2D eigenvalue weighted by Gasteiger charge is 2.23. The van der Waals surface area contributed by atoms with E-state index in [2.05, 4.69) is 27.6 Å². The molecule has 1 aromatic heterocycles. The molecule has 0 unspecified atom stereocenters. The lowest BCUT2D eigenvalue weighted by Gasteiger charge is -2.20. The van der Waals surface area contributed by atoms with Crippen molar-refractivity contribution in [1.82, 2.24) is 9.88 Å². The van der Waals surface area contributed by atoms with Gasteiger partial charge in [-0.2, -0.15) is 0 Å². The average molecular weight is 455 g/mol. The Morgan fingerprint density at radius 3 is 2.52 bits per heavy atom. The molecule has 3 aromatic rings. The molecule has 1 aliphatic carbocycles. The monoisotopic (exact) mass is 454 g/mol. The summed E-state index contributed by atoms with van der Waals surface area (Å²) in [5.41, 5.74) is 4.85. The van der Waals surface area contributed by atoms with Crippen molar-refractivity contribution in [3.63, 3.8) is 0 Å². The predicted molar refractivity (Wildman–Crippen MR) is 135 cm³/mol. The van der Waals surface area contributed by atoms with Gasteiger partial charge in [0.15, 0.2) is 0 Å². The molecule has 0 spiro atoms. The molecule has 166 valence electrons. The van der Waals surface area contributed by atoms with Crippen LogP contribution in [-0.2, 0) is 0 Å². The molecular formula is C29H27ClN2O. The number of terminal acetylenes is 1. The van der Waals surface area contributed by atoms with Crippen molar-refractivity contribution in [3.05, 3.63) is 82.6 Å². The van der Waals surface area contributed by atoms with E-state index in [0.29, 0.717) is 13.2 Å². The lowest BCUT2D eigenvalue weighted by molar-refractivity contribution is 0.218. The van der Waals surface area contributed by atoms with Crippen LogP contribution in [0.4, 0.5) is 0 Å². The van der Waals surface area contributed by atoms with E-state index in [1.165, 1.54) is 12.8 Å². The van der Waals surface area contributed by atoms with Crippen molar-refractivity contribution < 1.29 is 4.74 Å². The molecule has 33 heavy (non-hydrogen) atoms. The molecule has 1 fully saturated rings. The molecule has 0 radical (unpaired) electrons. The summed E-state index contributed by atoms with van der Waals surface area (Å²) in [7, 11) is 0. The first-order valence-electron chi connectivity index (χ1n) is 11.2. The van der Waals surface area contributed by atoms with Crippen LogP contribution >= 0.6 is 11.6 Å². The Bertz CT molecular complexity index is 1180. The lowest BCUT2D eigenvalue weighted by Crippen LogP contribution is -2.30. The maximum Gasteiger partial charge on any atom is 0.122 e. The number of nitrogens with zero attached hydrogens (tertiary/aromatic N) is 2. The van der Waals surface area contributed by atoms with Gasteiger partial charge in [-0.3, -0.25) is 4.90 Å². The fourth-order valence-corrected chi connectivity index (χ4v) is 3.75. The first-order valence-corrected chi connectivity index (χ1v) is 11.6. The third-order valence-electron chi connectivity index (χ3n) is 5.64. The molecule has 4 rings (SSSR count). The van der Waals surface area contributed by atoms with Crippen LogP contribution in [-0.4, -0.2) is 36.1 Å². The van der Waals surface area contributed by atoms with Crippen LogP contribution in [0.3, 0.4) is 0 Å². The molecule has 0 saturated heterocycles. The van der Waals surface area contributed by atoms with Gasteiger partial charge in [-0.25, -0.2) is 4.98 Å². The van der Waals surface area contributed by atoms with Crippen molar-refractivity contribution >= 4 is 11.6 Å². The summed E-state index contributed by atoms with van der Waals surface area (Å²) in [4.78, 5) is 6.78. The van der Waals surface area contributed by atoms with Crippen LogP contribution in [0.25, 0.3) is 11.1 Å². The smallest absolute Gasteiger partial charge is 0.122 e. The Kier molecular flexibility index (Phi) is 7.69. The Morgan fingerprint density at radius 2 is 1.85 bits per heavy atom. The second-order valence-electron chi connectivity index (χ2n) is 8.40. The summed E-state index contributed by atoms with van der Waals surface area (Å²) in [6.07, 6.45) is 9.99. The minimum absolute atomic E-state index is 0.629. The molecule has 2 aromatic carbocycles. The van der Waals surface area contributed by atoms with Gasteiger partial charge in [0, 0.05) is 35.4 Å². The van der Waals surface area contributed by atoms with Crippen LogP contribution in [0.1, 0.15) is 29.7 Å². The lowest BCUT2D eigenvalue weighted by atomic mass is 10.1. The minimum Gasteiger partial charge on any atom is -0.492 e. The van der Waals surface area contributed by atoms with Crippen molar-refractivity contribution in [2.75, 3.05) is 26.2 Å². The molecule has 0 amide bonds. The summed E-state index contributed by atoms with van der Waals surface area (Å²) in [5.74, 6) is 10.8.